The monoisotopic (exact) mass is 268 g/mol. The molecule has 1 amide bonds. The predicted molar refractivity (Wildman–Crippen MR) is 71.8 cm³/mol. The van der Waals surface area contributed by atoms with E-state index in [0.29, 0.717) is 31.7 Å². The van der Waals surface area contributed by atoms with Crippen molar-refractivity contribution in [1.82, 2.24) is 10.6 Å². The van der Waals surface area contributed by atoms with Crippen LogP contribution in [0.1, 0.15) is 44.9 Å². The van der Waals surface area contributed by atoms with Gasteiger partial charge in [-0.15, -0.1) is 0 Å². The van der Waals surface area contributed by atoms with Crippen molar-refractivity contribution in [2.24, 2.45) is 11.3 Å². The molecule has 2 rings (SSSR count). The molecule has 108 valence electrons. The van der Waals surface area contributed by atoms with E-state index >= 15 is 0 Å². The molecule has 1 heterocycles. The van der Waals surface area contributed by atoms with Crippen LogP contribution in [-0.4, -0.2) is 36.6 Å². The highest BCUT2D eigenvalue weighted by Crippen LogP contribution is 2.40. The van der Waals surface area contributed by atoms with Crippen LogP contribution in [0.5, 0.6) is 0 Å². The number of piperidine rings is 1. The average Bonchev–Trinajstić information content (AvgIpc) is 2.36. The van der Waals surface area contributed by atoms with Gasteiger partial charge in [0.25, 0.3) is 0 Å². The second-order valence-electron chi connectivity index (χ2n) is 5.97. The third-order valence-corrected chi connectivity index (χ3v) is 4.57. The lowest BCUT2D eigenvalue weighted by Gasteiger charge is -2.37. The lowest BCUT2D eigenvalue weighted by molar-refractivity contribution is -0.154. The van der Waals surface area contributed by atoms with Gasteiger partial charge in [-0.05, 0) is 51.1 Å². The van der Waals surface area contributed by atoms with Gasteiger partial charge < -0.3 is 15.7 Å². The van der Waals surface area contributed by atoms with E-state index < -0.39 is 11.4 Å². The summed E-state index contributed by atoms with van der Waals surface area (Å²) in [6.07, 6.45) is 6.13. The summed E-state index contributed by atoms with van der Waals surface area (Å²) in [5.41, 5.74) is -0.679. The van der Waals surface area contributed by atoms with Crippen LogP contribution < -0.4 is 10.6 Å². The Balaban J connectivity index is 1.65. The number of nitrogens with one attached hydrogen (secondary N) is 2. The van der Waals surface area contributed by atoms with E-state index in [-0.39, 0.29) is 5.91 Å². The molecule has 1 aliphatic carbocycles. The smallest absolute Gasteiger partial charge is 0.311 e. The number of hydrogen-bond acceptors (Lipinski definition) is 3. The highest BCUT2D eigenvalue weighted by atomic mass is 16.4. The van der Waals surface area contributed by atoms with Crippen molar-refractivity contribution in [3.8, 4) is 0 Å². The Kier molecular flexibility index (Phi) is 4.80. The maximum Gasteiger partial charge on any atom is 0.311 e. The molecule has 0 spiro atoms. The predicted octanol–water partition coefficient (Wildman–Crippen LogP) is 1.14. The van der Waals surface area contributed by atoms with Crippen LogP contribution in [0, 0.1) is 11.3 Å². The highest BCUT2D eigenvalue weighted by molar-refractivity contribution is 5.79. The quantitative estimate of drug-likeness (QED) is 0.675. The van der Waals surface area contributed by atoms with E-state index in [4.69, 9.17) is 0 Å². The topological polar surface area (TPSA) is 78.4 Å². The fourth-order valence-electron chi connectivity index (χ4n) is 2.93. The number of amides is 1. The number of hydrogen-bond donors (Lipinski definition) is 3. The summed E-state index contributed by atoms with van der Waals surface area (Å²) >= 11 is 0. The van der Waals surface area contributed by atoms with E-state index in [9.17, 15) is 14.7 Å². The molecule has 0 aromatic carbocycles. The number of carbonyl (C=O) groups excluding carboxylic acids is 1. The summed E-state index contributed by atoms with van der Waals surface area (Å²) in [6.45, 7) is 2.39. The first-order valence-corrected chi connectivity index (χ1v) is 7.33. The summed E-state index contributed by atoms with van der Waals surface area (Å²) < 4.78 is 0. The molecule has 5 heteroatoms. The third kappa shape index (κ3) is 3.69. The molecule has 0 bridgehead atoms. The Bertz CT molecular complexity index is 334. The van der Waals surface area contributed by atoms with Crippen LogP contribution in [-0.2, 0) is 9.59 Å². The zero-order valence-corrected chi connectivity index (χ0v) is 11.4. The van der Waals surface area contributed by atoms with Crippen molar-refractivity contribution in [1.29, 1.82) is 0 Å². The fourth-order valence-corrected chi connectivity index (χ4v) is 2.93. The van der Waals surface area contributed by atoms with E-state index in [1.54, 1.807) is 0 Å². The number of carboxylic acids is 1. The van der Waals surface area contributed by atoms with Crippen LogP contribution in [0.2, 0.25) is 0 Å². The molecule has 19 heavy (non-hydrogen) atoms. The molecule has 1 unspecified atom stereocenters. The van der Waals surface area contributed by atoms with Crippen LogP contribution in [0.3, 0.4) is 0 Å². The SMILES string of the molecule is O=C(CCC1CCCNC1)NCC1(C(=O)O)CCC1. The van der Waals surface area contributed by atoms with Crippen molar-refractivity contribution >= 4 is 11.9 Å². The first-order valence-electron chi connectivity index (χ1n) is 7.33. The number of carboxylic acid groups (broad SMARTS) is 1. The molecule has 1 atom stereocenters. The van der Waals surface area contributed by atoms with E-state index in [0.717, 1.165) is 25.9 Å². The Morgan fingerprint density at radius 1 is 1.32 bits per heavy atom. The molecule has 1 aliphatic heterocycles. The van der Waals surface area contributed by atoms with Crippen molar-refractivity contribution < 1.29 is 14.7 Å². The minimum atomic E-state index is -0.768. The summed E-state index contributed by atoms with van der Waals surface area (Å²) in [7, 11) is 0. The lowest BCUT2D eigenvalue weighted by Crippen LogP contribution is -2.47. The van der Waals surface area contributed by atoms with Gasteiger partial charge in [-0.2, -0.15) is 0 Å². The summed E-state index contributed by atoms with van der Waals surface area (Å²) in [4.78, 5) is 22.9. The van der Waals surface area contributed by atoms with Gasteiger partial charge in [0, 0.05) is 13.0 Å². The van der Waals surface area contributed by atoms with Crippen LogP contribution >= 0.6 is 0 Å². The van der Waals surface area contributed by atoms with Crippen LogP contribution in [0.4, 0.5) is 0 Å². The van der Waals surface area contributed by atoms with Gasteiger partial charge in [-0.1, -0.05) is 6.42 Å². The normalized spacial score (nSPS) is 25.4. The standard InChI is InChI=1S/C14H24N2O3/c17-12(5-4-11-3-1-8-15-9-11)16-10-14(13(18)19)6-2-7-14/h11,15H,1-10H2,(H,16,17)(H,18,19). The molecule has 0 aromatic heterocycles. The largest absolute Gasteiger partial charge is 0.481 e. The molecule has 2 fully saturated rings. The zero-order chi connectivity index (χ0) is 13.7. The van der Waals surface area contributed by atoms with Crippen LogP contribution in [0.25, 0.3) is 0 Å². The minimum Gasteiger partial charge on any atom is -0.481 e. The first-order chi connectivity index (χ1) is 9.12. The van der Waals surface area contributed by atoms with E-state index in [2.05, 4.69) is 10.6 Å². The molecule has 1 saturated heterocycles. The second kappa shape index (κ2) is 6.37. The first kappa shape index (κ1) is 14.3. The Hall–Kier alpha value is -1.10. The molecule has 2 aliphatic rings. The van der Waals surface area contributed by atoms with Crippen molar-refractivity contribution in [2.75, 3.05) is 19.6 Å². The summed E-state index contributed by atoms with van der Waals surface area (Å²) in [5.74, 6) is -0.176. The fraction of sp³-hybridized carbons (Fsp3) is 0.857. The Morgan fingerprint density at radius 3 is 2.63 bits per heavy atom. The molecule has 0 radical (unpaired) electrons. The van der Waals surface area contributed by atoms with Gasteiger partial charge in [0.15, 0.2) is 0 Å². The summed E-state index contributed by atoms with van der Waals surface area (Å²) in [6, 6.07) is 0. The molecular formula is C14H24N2O3. The van der Waals surface area contributed by atoms with Gasteiger partial charge in [0.1, 0.15) is 0 Å². The third-order valence-electron chi connectivity index (χ3n) is 4.57. The van der Waals surface area contributed by atoms with Crippen molar-refractivity contribution in [2.45, 2.75) is 44.9 Å². The number of rotatable bonds is 6. The number of aliphatic carboxylic acids is 1. The molecule has 5 nitrogen and oxygen atoms in total. The van der Waals surface area contributed by atoms with Crippen LogP contribution in [0.15, 0.2) is 0 Å². The zero-order valence-electron chi connectivity index (χ0n) is 11.4. The lowest BCUT2D eigenvalue weighted by atomic mass is 9.69. The van der Waals surface area contributed by atoms with E-state index in [1.165, 1.54) is 12.8 Å². The highest BCUT2D eigenvalue weighted by Gasteiger charge is 2.44. The molecule has 0 aromatic rings. The van der Waals surface area contributed by atoms with Gasteiger partial charge in [-0.25, -0.2) is 0 Å². The Labute approximate surface area is 114 Å². The maximum atomic E-state index is 11.8. The van der Waals surface area contributed by atoms with Gasteiger partial charge in [0.2, 0.25) is 5.91 Å². The molecule has 3 N–H and O–H groups in total. The average molecular weight is 268 g/mol. The second-order valence-corrected chi connectivity index (χ2v) is 5.97. The minimum absolute atomic E-state index is 0.00176. The number of carbonyl (C=O) groups is 2. The summed E-state index contributed by atoms with van der Waals surface area (Å²) in [5, 5.41) is 15.3. The maximum absolute atomic E-state index is 11.8. The van der Waals surface area contributed by atoms with Gasteiger partial charge >= 0.3 is 5.97 Å². The van der Waals surface area contributed by atoms with Crippen molar-refractivity contribution in [3.05, 3.63) is 0 Å². The van der Waals surface area contributed by atoms with Crippen molar-refractivity contribution in [3.63, 3.8) is 0 Å². The Morgan fingerprint density at radius 2 is 2.11 bits per heavy atom. The van der Waals surface area contributed by atoms with Gasteiger partial charge in [-0.3, -0.25) is 9.59 Å². The molecular weight excluding hydrogens is 244 g/mol. The van der Waals surface area contributed by atoms with Gasteiger partial charge in [0.05, 0.1) is 5.41 Å². The van der Waals surface area contributed by atoms with E-state index in [1.807, 2.05) is 0 Å². The molecule has 1 saturated carbocycles.